The first kappa shape index (κ1) is 25.6. The monoisotopic (exact) mass is 555 g/mol. The number of nitrogens with zero attached hydrogens (tertiary/aromatic N) is 6. The molecule has 0 spiro atoms. The van der Waals surface area contributed by atoms with Crippen LogP contribution in [0.5, 0.6) is 11.5 Å². The fraction of sp³-hybridized carbons (Fsp3) is 0.208. The van der Waals surface area contributed by atoms with Crippen molar-refractivity contribution in [2.45, 2.75) is 9.92 Å². The number of aromatic nitrogens is 4. The molecule has 0 bridgehead atoms. The Morgan fingerprint density at radius 1 is 0.816 bits per heavy atom. The van der Waals surface area contributed by atoms with E-state index in [0.717, 1.165) is 0 Å². The highest BCUT2D eigenvalue weighted by atomic mass is 32.2. The van der Waals surface area contributed by atoms with Gasteiger partial charge in [-0.3, -0.25) is 4.72 Å². The average molecular weight is 556 g/mol. The van der Waals surface area contributed by atoms with Crippen molar-refractivity contribution in [1.82, 2.24) is 23.8 Å². The van der Waals surface area contributed by atoms with Crippen LogP contribution < -0.4 is 14.4 Å². The van der Waals surface area contributed by atoms with Crippen molar-refractivity contribution < 1.29 is 21.6 Å². The summed E-state index contributed by atoms with van der Waals surface area (Å²) in [7, 11) is -6.01. The predicted octanol–water partition coefficient (Wildman–Crippen LogP) is 2.31. The highest BCUT2D eigenvalue weighted by Crippen LogP contribution is 2.27. The fourth-order valence-electron chi connectivity index (χ4n) is 3.93. The second kappa shape index (κ2) is 10.4. The van der Waals surface area contributed by atoms with Crippen LogP contribution in [-0.4, -0.2) is 66.8 Å². The molecule has 1 aliphatic rings. The Bertz CT molecular complexity index is 1620. The zero-order valence-corrected chi connectivity index (χ0v) is 22.0. The molecule has 3 heterocycles. The summed E-state index contributed by atoms with van der Waals surface area (Å²) >= 11 is 0. The van der Waals surface area contributed by atoms with Gasteiger partial charge in [0, 0.05) is 51.8 Å². The minimum absolute atomic E-state index is 0.0124. The first-order valence-electron chi connectivity index (χ1n) is 11.6. The molecular weight excluding hydrogens is 530 g/mol. The summed E-state index contributed by atoms with van der Waals surface area (Å²) in [6.07, 6.45) is 5.74. The van der Waals surface area contributed by atoms with Crippen LogP contribution in [0.4, 0.5) is 11.6 Å². The lowest BCUT2D eigenvalue weighted by Crippen LogP contribution is -2.49. The van der Waals surface area contributed by atoms with E-state index < -0.39 is 20.0 Å². The van der Waals surface area contributed by atoms with E-state index in [0.29, 0.717) is 30.4 Å². The Balaban J connectivity index is 1.28. The van der Waals surface area contributed by atoms with Gasteiger partial charge in [0.15, 0.2) is 16.7 Å². The SMILES string of the molecule is Cn1cnc(S(=O)(=O)N2CCN(c3nccnc3NS(=O)(=O)c3ccc(Oc4ccccc4)cc3)CC2)c1. The second-order valence-electron chi connectivity index (χ2n) is 8.49. The van der Waals surface area contributed by atoms with Crippen molar-refractivity contribution in [3.05, 3.63) is 79.5 Å². The maximum absolute atomic E-state index is 13.1. The molecule has 1 fully saturated rings. The van der Waals surface area contributed by atoms with E-state index in [1.54, 1.807) is 40.8 Å². The van der Waals surface area contributed by atoms with Crippen LogP contribution in [0.15, 0.2) is 89.4 Å². The number of hydrogen-bond acceptors (Lipinski definition) is 9. The third kappa shape index (κ3) is 5.46. The summed E-state index contributed by atoms with van der Waals surface area (Å²) in [6, 6.07) is 15.2. The number of ether oxygens (including phenoxy) is 1. The van der Waals surface area contributed by atoms with Gasteiger partial charge in [0.1, 0.15) is 11.5 Å². The molecule has 0 unspecified atom stereocenters. The molecule has 0 aliphatic carbocycles. The maximum atomic E-state index is 13.1. The van der Waals surface area contributed by atoms with E-state index in [9.17, 15) is 16.8 Å². The molecule has 12 nitrogen and oxygen atoms in total. The number of sulfonamides is 2. The Kier molecular flexibility index (Phi) is 7.01. The number of para-hydroxylation sites is 1. The molecule has 0 radical (unpaired) electrons. The molecule has 1 aliphatic heterocycles. The Labute approximate surface area is 220 Å². The number of piperazine rings is 1. The van der Waals surface area contributed by atoms with Gasteiger partial charge in [-0.25, -0.2) is 31.8 Å². The number of imidazole rings is 1. The van der Waals surface area contributed by atoms with Gasteiger partial charge in [-0.15, -0.1) is 0 Å². The van der Waals surface area contributed by atoms with Gasteiger partial charge < -0.3 is 14.2 Å². The lowest BCUT2D eigenvalue weighted by atomic mass is 10.3. The quantitative estimate of drug-likeness (QED) is 0.347. The van der Waals surface area contributed by atoms with Crippen LogP contribution in [0.25, 0.3) is 0 Å². The molecule has 2 aromatic carbocycles. The highest BCUT2D eigenvalue weighted by Gasteiger charge is 2.31. The Morgan fingerprint density at radius 2 is 1.47 bits per heavy atom. The number of rotatable bonds is 8. The second-order valence-corrected chi connectivity index (χ2v) is 12.1. The minimum Gasteiger partial charge on any atom is -0.457 e. The van der Waals surface area contributed by atoms with Gasteiger partial charge in [-0.05, 0) is 36.4 Å². The third-order valence-corrected chi connectivity index (χ3v) is 8.99. The smallest absolute Gasteiger partial charge is 0.263 e. The summed E-state index contributed by atoms with van der Waals surface area (Å²) < 4.78 is 63.2. The van der Waals surface area contributed by atoms with Crippen molar-refractivity contribution in [1.29, 1.82) is 0 Å². The summed E-state index contributed by atoms with van der Waals surface area (Å²) in [5, 5.41) is -0.0124. The molecule has 0 atom stereocenters. The van der Waals surface area contributed by atoms with E-state index in [2.05, 4.69) is 19.7 Å². The lowest BCUT2D eigenvalue weighted by Gasteiger charge is -2.34. The van der Waals surface area contributed by atoms with Crippen LogP contribution in [0, 0.1) is 0 Å². The van der Waals surface area contributed by atoms with Crippen molar-refractivity contribution in [3.63, 3.8) is 0 Å². The van der Waals surface area contributed by atoms with Crippen molar-refractivity contribution in [2.75, 3.05) is 35.8 Å². The summed E-state index contributed by atoms with van der Waals surface area (Å²) in [5.41, 5.74) is 0. The van der Waals surface area contributed by atoms with E-state index in [1.165, 1.54) is 41.4 Å². The van der Waals surface area contributed by atoms with Gasteiger partial charge in [0.05, 0.1) is 11.2 Å². The van der Waals surface area contributed by atoms with Crippen LogP contribution in [0.2, 0.25) is 0 Å². The maximum Gasteiger partial charge on any atom is 0.263 e. The lowest BCUT2D eigenvalue weighted by molar-refractivity contribution is 0.382. The third-order valence-electron chi connectivity index (χ3n) is 5.85. The molecule has 1 saturated heterocycles. The number of nitrogens with one attached hydrogen (secondary N) is 1. The molecular formula is C24H25N7O5S2. The summed E-state index contributed by atoms with van der Waals surface area (Å²) in [4.78, 5) is 14.3. The molecule has 0 amide bonds. The predicted molar refractivity (Wildman–Crippen MR) is 140 cm³/mol. The largest absolute Gasteiger partial charge is 0.457 e. The van der Waals surface area contributed by atoms with Gasteiger partial charge in [-0.1, -0.05) is 18.2 Å². The van der Waals surface area contributed by atoms with Crippen LogP contribution in [0.1, 0.15) is 0 Å². The Morgan fingerprint density at radius 3 is 2.13 bits per heavy atom. The molecule has 1 N–H and O–H groups in total. The summed E-state index contributed by atoms with van der Waals surface area (Å²) in [5.74, 6) is 1.50. The number of hydrogen-bond donors (Lipinski definition) is 1. The van der Waals surface area contributed by atoms with Crippen molar-refractivity contribution in [2.24, 2.45) is 7.05 Å². The topological polar surface area (TPSA) is 140 Å². The standard InChI is InChI=1S/C24H25N7O5S2/c1-29-17-22(27-18-29)38(34,35)31-15-13-30(14-16-31)24-23(25-11-12-26-24)28-37(32,33)21-9-7-20(8-10-21)36-19-5-3-2-4-6-19/h2-12,17-18H,13-16H2,1H3,(H,25,28). The van der Waals surface area contributed by atoms with Gasteiger partial charge in [0.25, 0.3) is 20.0 Å². The van der Waals surface area contributed by atoms with Crippen LogP contribution >= 0.6 is 0 Å². The average Bonchev–Trinajstić information content (AvgIpc) is 3.37. The van der Waals surface area contributed by atoms with Crippen molar-refractivity contribution >= 4 is 31.7 Å². The molecule has 2 aromatic heterocycles. The molecule has 4 aromatic rings. The van der Waals surface area contributed by atoms with Gasteiger partial charge in [0.2, 0.25) is 0 Å². The number of anilines is 2. The molecule has 14 heteroatoms. The van der Waals surface area contributed by atoms with E-state index in [4.69, 9.17) is 4.74 Å². The Hall–Kier alpha value is -4.01. The molecule has 198 valence electrons. The van der Waals surface area contributed by atoms with E-state index in [-0.39, 0.29) is 28.8 Å². The van der Waals surface area contributed by atoms with Crippen molar-refractivity contribution in [3.8, 4) is 11.5 Å². The molecule has 0 saturated carbocycles. The first-order valence-corrected chi connectivity index (χ1v) is 14.5. The fourth-order valence-corrected chi connectivity index (χ4v) is 6.33. The highest BCUT2D eigenvalue weighted by molar-refractivity contribution is 7.92. The number of aryl methyl sites for hydroxylation is 1. The number of benzene rings is 2. The van der Waals surface area contributed by atoms with Gasteiger partial charge in [-0.2, -0.15) is 4.31 Å². The molecule has 5 rings (SSSR count). The minimum atomic E-state index is -3.98. The zero-order valence-electron chi connectivity index (χ0n) is 20.4. The zero-order chi connectivity index (χ0) is 26.8. The normalized spacial score (nSPS) is 14.8. The van der Waals surface area contributed by atoms with E-state index in [1.807, 2.05) is 18.2 Å². The molecule has 38 heavy (non-hydrogen) atoms. The van der Waals surface area contributed by atoms with Crippen LogP contribution in [0.3, 0.4) is 0 Å². The van der Waals surface area contributed by atoms with Crippen LogP contribution in [-0.2, 0) is 27.1 Å². The van der Waals surface area contributed by atoms with E-state index >= 15 is 0 Å². The van der Waals surface area contributed by atoms with Gasteiger partial charge >= 0.3 is 0 Å². The first-order chi connectivity index (χ1) is 18.2. The summed E-state index contributed by atoms with van der Waals surface area (Å²) in [6.45, 7) is 0.963.